The zero-order valence-electron chi connectivity index (χ0n) is 10.7. The van der Waals surface area contributed by atoms with Gasteiger partial charge in [0.1, 0.15) is 0 Å². The summed E-state index contributed by atoms with van der Waals surface area (Å²) in [5.74, 6) is 0.438. The molecule has 0 bridgehead atoms. The van der Waals surface area contributed by atoms with Crippen LogP contribution in [0.2, 0.25) is 0 Å². The molecule has 17 heavy (non-hydrogen) atoms. The third-order valence-electron chi connectivity index (χ3n) is 3.59. The highest BCUT2D eigenvalue weighted by molar-refractivity contribution is 7.09. The number of nitrogens with zero attached hydrogens (tertiary/aromatic N) is 2. The standard InChI is InChI=1S/C13H22N2OS/c1-3-10-7-15(6-5-12(10)16)8-11-9-17-13(4-2)14-11/h9-10,12,16H,3-8H2,1-2H3. The van der Waals surface area contributed by atoms with Gasteiger partial charge in [-0.3, -0.25) is 4.90 Å². The van der Waals surface area contributed by atoms with Crippen molar-refractivity contribution in [2.45, 2.75) is 45.8 Å². The summed E-state index contributed by atoms with van der Waals surface area (Å²) >= 11 is 1.76. The fourth-order valence-electron chi connectivity index (χ4n) is 2.45. The molecule has 0 aliphatic carbocycles. The first-order chi connectivity index (χ1) is 8.22. The number of thiazole rings is 1. The van der Waals surface area contributed by atoms with E-state index < -0.39 is 0 Å². The molecule has 0 saturated carbocycles. The Bertz CT molecular complexity index is 353. The summed E-state index contributed by atoms with van der Waals surface area (Å²) in [5.41, 5.74) is 1.19. The van der Waals surface area contributed by atoms with Crippen LogP contribution in [0.25, 0.3) is 0 Å². The molecule has 96 valence electrons. The van der Waals surface area contributed by atoms with E-state index in [-0.39, 0.29) is 6.10 Å². The number of rotatable bonds is 4. The van der Waals surface area contributed by atoms with Crippen molar-refractivity contribution in [3.63, 3.8) is 0 Å². The number of aliphatic hydroxyl groups is 1. The monoisotopic (exact) mass is 254 g/mol. The highest BCUT2D eigenvalue weighted by atomic mass is 32.1. The van der Waals surface area contributed by atoms with Crippen molar-refractivity contribution in [1.29, 1.82) is 0 Å². The van der Waals surface area contributed by atoms with E-state index in [1.807, 2.05) is 0 Å². The van der Waals surface area contributed by atoms with Gasteiger partial charge in [-0.2, -0.15) is 0 Å². The quantitative estimate of drug-likeness (QED) is 0.895. The Hall–Kier alpha value is -0.450. The topological polar surface area (TPSA) is 36.4 Å². The van der Waals surface area contributed by atoms with Crippen LogP contribution in [0.5, 0.6) is 0 Å². The molecule has 0 amide bonds. The molecular weight excluding hydrogens is 232 g/mol. The van der Waals surface area contributed by atoms with Crippen molar-refractivity contribution in [1.82, 2.24) is 9.88 Å². The summed E-state index contributed by atoms with van der Waals surface area (Å²) in [6.45, 7) is 7.26. The van der Waals surface area contributed by atoms with E-state index in [4.69, 9.17) is 0 Å². The zero-order valence-corrected chi connectivity index (χ0v) is 11.5. The maximum atomic E-state index is 9.85. The molecule has 1 N–H and O–H groups in total. The molecule has 1 aromatic rings. The first-order valence-corrected chi connectivity index (χ1v) is 7.44. The second-order valence-corrected chi connectivity index (χ2v) is 5.79. The lowest BCUT2D eigenvalue weighted by Crippen LogP contribution is -2.42. The van der Waals surface area contributed by atoms with Gasteiger partial charge in [0.25, 0.3) is 0 Å². The molecule has 2 rings (SSSR count). The molecule has 4 heteroatoms. The molecule has 1 aliphatic rings. The highest BCUT2D eigenvalue weighted by Gasteiger charge is 2.26. The van der Waals surface area contributed by atoms with Crippen molar-refractivity contribution in [3.05, 3.63) is 16.1 Å². The minimum Gasteiger partial charge on any atom is -0.393 e. The van der Waals surface area contributed by atoms with Crippen molar-refractivity contribution >= 4 is 11.3 Å². The van der Waals surface area contributed by atoms with Crippen LogP contribution >= 0.6 is 11.3 Å². The van der Waals surface area contributed by atoms with Gasteiger partial charge < -0.3 is 5.11 Å². The summed E-state index contributed by atoms with van der Waals surface area (Å²) in [7, 11) is 0. The van der Waals surface area contributed by atoms with E-state index in [9.17, 15) is 5.11 Å². The Morgan fingerprint density at radius 2 is 2.35 bits per heavy atom. The van der Waals surface area contributed by atoms with E-state index in [0.717, 1.165) is 38.9 Å². The van der Waals surface area contributed by atoms with Crippen molar-refractivity contribution in [2.24, 2.45) is 5.92 Å². The van der Waals surface area contributed by atoms with Gasteiger partial charge in [0.15, 0.2) is 0 Å². The molecule has 2 heterocycles. The number of likely N-dealkylation sites (tertiary alicyclic amines) is 1. The van der Waals surface area contributed by atoms with E-state index in [2.05, 4.69) is 29.1 Å². The van der Waals surface area contributed by atoms with Gasteiger partial charge in [-0.15, -0.1) is 11.3 Å². The lowest BCUT2D eigenvalue weighted by Gasteiger charge is -2.35. The average molecular weight is 254 g/mol. The van der Waals surface area contributed by atoms with Gasteiger partial charge in [0.2, 0.25) is 0 Å². The number of hydrogen-bond acceptors (Lipinski definition) is 4. The fourth-order valence-corrected chi connectivity index (χ4v) is 3.19. The van der Waals surface area contributed by atoms with Gasteiger partial charge in [-0.25, -0.2) is 4.98 Å². The normalized spacial score (nSPS) is 26.3. The van der Waals surface area contributed by atoms with Crippen molar-refractivity contribution < 1.29 is 5.11 Å². The van der Waals surface area contributed by atoms with Crippen LogP contribution < -0.4 is 0 Å². The minimum absolute atomic E-state index is 0.0992. The first-order valence-electron chi connectivity index (χ1n) is 6.56. The first kappa shape index (κ1) is 13.0. The van der Waals surface area contributed by atoms with Gasteiger partial charge in [0, 0.05) is 25.0 Å². The molecule has 3 nitrogen and oxygen atoms in total. The van der Waals surface area contributed by atoms with Crippen molar-refractivity contribution in [3.8, 4) is 0 Å². The summed E-state index contributed by atoms with van der Waals surface area (Å²) in [4.78, 5) is 7.03. The smallest absolute Gasteiger partial charge is 0.0926 e. The van der Waals surface area contributed by atoms with Crippen LogP contribution in [0.3, 0.4) is 0 Å². The Morgan fingerprint density at radius 3 is 3.00 bits per heavy atom. The van der Waals surface area contributed by atoms with Crippen LogP contribution in [-0.4, -0.2) is 34.2 Å². The van der Waals surface area contributed by atoms with E-state index in [1.165, 1.54) is 10.7 Å². The Balaban J connectivity index is 1.90. The SMILES string of the molecule is CCc1nc(CN2CCC(O)C(CC)C2)cs1. The second-order valence-electron chi connectivity index (χ2n) is 4.85. The number of aliphatic hydroxyl groups excluding tert-OH is 1. The van der Waals surface area contributed by atoms with Crippen LogP contribution in [0.1, 0.15) is 37.4 Å². The number of aromatic nitrogens is 1. The maximum absolute atomic E-state index is 9.85. The number of hydrogen-bond donors (Lipinski definition) is 1. The lowest BCUT2D eigenvalue weighted by molar-refractivity contribution is 0.0218. The Morgan fingerprint density at radius 1 is 1.53 bits per heavy atom. The summed E-state index contributed by atoms with van der Waals surface area (Å²) in [6.07, 6.45) is 2.90. The van der Waals surface area contributed by atoms with E-state index in [1.54, 1.807) is 11.3 Å². The molecule has 2 unspecified atom stereocenters. The highest BCUT2D eigenvalue weighted by Crippen LogP contribution is 2.22. The predicted molar refractivity (Wildman–Crippen MR) is 71.2 cm³/mol. The van der Waals surface area contributed by atoms with Crippen LogP contribution in [0.4, 0.5) is 0 Å². The van der Waals surface area contributed by atoms with Crippen LogP contribution in [0, 0.1) is 5.92 Å². The molecule has 0 aromatic carbocycles. The molecule has 1 aliphatic heterocycles. The van der Waals surface area contributed by atoms with Crippen LogP contribution in [0.15, 0.2) is 5.38 Å². The molecule has 1 fully saturated rings. The summed E-state index contributed by atoms with van der Waals surface area (Å²) in [5, 5.41) is 13.3. The Kier molecular flexibility index (Phi) is 4.54. The van der Waals surface area contributed by atoms with Crippen molar-refractivity contribution in [2.75, 3.05) is 13.1 Å². The van der Waals surface area contributed by atoms with Gasteiger partial charge in [-0.1, -0.05) is 13.8 Å². The lowest BCUT2D eigenvalue weighted by atomic mass is 9.92. The maximum Gasteiger partial charge on any atom is 0.0926 e. The fraction of sp³-hybridized carbons (Fsp3) is 0.769. The average Bonchev–Trinajstić information content (AvgIpc) is 2.79. The third kappa shape index (κ3) is 3.27. The molecule has 1 aromatic heterocycles. The Labute approximate surface area is 107 Å². The van der Waals surface area contributed by atoms with Gasteiger partial charge in [-0.05, 0) is 25.2 Å². The second kappa shape index (κ2) is 5.94. The largest absolute Gasteiger partial charge is 0.393 e. The zero-order chi connectivity index (χ0) is 12.3. The molecule has 2 atom stereocenters. The van der Waals surface area contributed by atoms with Gasteiger partial charge >= 0.3 is 0 Å². The summed E-state index contributed by atoms with van der Waals surface area (Å²) < 4.78 is 0. The van der Waals surface area contributed by atoms with E-state index >= 15 is 0 Å². The molecule has 0 radical (unpaired) electrons. The molecule has 0 spiro atoms. The van der Waals surface area contributed by atoms with E-state index in [0.29, 0.717) is 5.92 Å². The predicted octanol–water partition coefficient (Wildman–Crippen LogP) is 2.30. The number of piperidine rings is 1. The van der Waals surface area contributed by atoms with Gasteiger partial charge in [0.05, 0.1) is 16.8 Å². The third-order valence-corrected chi connectivity index (χ3v) is 4.63. The summed E-state index contributed by atoms with van der Waals surface area (Å²) in [6, 6.07) is 0. The molecular formula is C13H22N2OS. The molecule has 1 saturated heterocycles. The minimum atomic E-state index is -0.0992. The van der Waals surface area contributed by atoms with Crippen LogP contribution in [-0.2, 0) is 13.0 Å². The number of aryl methyl sites for hydroxylation is 1.